The van der Waals surface area contributed by atoms with Crippen molar-refractivity contribution < 1.29 is 24.1 Å². The minimum absolute atomic E-state index is 0.0992. The number of aromatic nitrogens is 1. The molecule has 166 valence electrons. The fourth-order valence-electron chi connectivity index (χ4n) is 3.41. The number of hydrogen-bond acceptors (Lipinski definition) is 5. The minimum Gasteiger partial charge on any atom is -0.493 e. The number of ether oxygens (including phenoxy) is 3. The standard InChI is InChI=1S/C25H26N2O5/c1-5-7-17(6-2)16-27(25(28)29)18-8-10-19(11-9-18)32-22-12-13-26-21-15-24(31-4)23(30-3)14-20(21)22/h1,8-15,17H,6-7,16H2,2-4H3,(H,28,29). The summed E-state index contributed by atoms with van der Waals surface area (Å²) in [6.45, 7) is 2.34. The Kier molecular flexibility index (Phi) is 7.40. The number of benzene rings is 2. The van der Waals surface area contributed by atoms with Crippen LogP contribution in [0, 0.1) is 18.3 Å². The number of carboxylic acid groups (broad SMARTS) is 1. The number of anilines is 1. The van der Waals surface area contributed by atoms with Gasteiger partial charge in [0.2, 0.25) is 0 Å². The second-order valence-corrected chi connectivity index (χ2v) is 7.21. The van der Waals surface area contributed by atoms with Crippen molar-refractivity contribution in [2.45, 2.75) is 19.8 Å². The number of pyridine rings is 1. The number of terminal acetylenes is 1. The first-order chi connectivity index (χ1) is 15.5. The second kappa shape index (κ2) is 10.4. The average Bonchev–Trinajstić information content (AvgIpc) is 2.81. The molecule has 7 nitrogen and oxygen atoms in total. The fraction of sp³-hybridized carbons (Fsp3) is 0.280. The third-order valence-electron chi connectivity index (χ3n) is 5.24. The van der Waals surface area contributed by atoms with Crippen molar-refractivity contribution in [1.29, 1.82) is 0 Å². The summed E-state index contributed by atoms with van der Waals surface area (Å²) < 4.78 is 16.8. The summed E-state index contributed by atoms with van der Waals surface area (Å²) in [5, 5.41) is 10.4. The summed E-state index contributed by atoms with van der Waals surface area (Å²) in [7, 11) is 3.14. The van der Waals surface area contributed by atoms with E-state index in [9.17, 15) is 9.90 Å². The highest BCUT2D eigenvalue weighted by Gasteiger charge is 2.19. The Morgan fingerprint density at radius 2 is 1.81 bits per heavy atom. The molecule has 2 aromatic carbocycles. The molecule has 1 N–H and O–H groups in total. The maximum Gasteiger partial charge on any atom is 0.411 e. The molecule has 1 unspecified atom stereocenters. The molecule has 1 aromatic heterocycles. The van der Waals surface area contributed by atoms with Gasteiger partial charge in [-0.15, -0.1) is 12.3 Å². The van der Waals surface area contributed by atoms with Crippen molar-refractivity contribution in [1.82, 2.24) is 4.98 Å². The van der Waals surface area contributed by atoms with Gasteiger partial charge in [-0.1, -0.05) is 13.3 Å². The summed E-state index contributed by atoms with van der Waals surface area (Å²) in [4.78, 5) is 17.5. The number of amides is 1. The highest BCUT2D eigenvalue weighted by Crippen LogP contribution is 2.37. The summed E-state index contributed by atoms with van der Waals surface area (Å²) in [6.07, 6.45) is 7.38. The largest absolute Gasteiger partial charge is 0.493 e. The van der Waals surface area contributed by atoms with Crippen molar-refractivity contribution in [2.75, 3.05) is 25.7 Å². The Labute approximate surface area is 187 Å². The summed E-state index contributed by atoms with van der Waals surface area (Å²) in [5.74, 6) is 5.03. The van der Waals surface area contributed by atoms with Gasteiger partial charge in [-0.3, -0.25) is 9.88 Å². The summed E-state index contributed by atoms with van der Waals surface area (Å²) >= 11 is 0. The van der Waals surface area contributed by atoms with Crippen LogP contribution < -0.4 is 19.1 Å². The Hall–Kier alpha value is -3.92. The molecule has 7 heteroatoms. The normalized spacial score (nSPS) is 11.4. The van der Waals surface area contributed by atoms with Crippen molar-refractivity contribution in [3.63, 3.8) is 0 Å². The van der Waals surface area contributed by atoms with E-state index in [-0.39, 0.29) is 5.92 Å². The maximum atomic E-state index is 11.8. The molecule has 0 bridgehead atoms. The van der Waals surface area contributed by atoms with E-state index in [1.165, 1.54) is 4.90 Å². The van der Waals surface area contributed by atoms with Gasteiger partial charge in [0.15, 0.2) is 11.5 Å². The van der Waals surface area contributed by atoms with E-state index in [2.05, 4.69) is 10.9 Å². The van der Waals surface area contributed by atoms with Crippen molar-refractivity contribution in [3.8, 4) is 35.3 Å². The highest BCUT2D eigenvalue weighted by molar-refractivity contribution is 5.88. The van der Waals surface area contributed by atoms with Crippen LogP contribution in [-0.4, -0.2) is 36.9 Å². The molecule has 0 spiro atoms. The second-order valence-electron chi connectivity index (χ2n) is 7.21. The molecule has 1 atom stereocenters. The lowest BCUT2D eigenvalue weighted by molar-refractivity contribution is 0.200. The molecule has 3 aromatic rings. The first kappa shape index (κ1) is 22.8. The molecule has 0 aliphatic rings. The zero-order chi connectivity index (χ0) is 23.1. The van der Waals surface area contributed by atoms with Crippen LogP contribution in [0.4, 0.5) is 10.5 Å². The Morgan fingerprint density at radius 3 is 2.41 bits per heavy atom. The molecule has 3 rings (SSSR count). The molecule has 1 amide bonds. The Bertz CT molecular complexity index is 1120. The average molecular weight is 434 g/mol. The van der Waals surface area contributed by atoms with Crippen LogP contribution in [0.5, 0.6) is 23.0 Å². The van der Waals surface area contributed by atoms with Crippen molar-refractivity contribution >= 4 is 22.7 Å². The maximum absolute atomic E-state index is 11.8. The Morgan fingerprint density at radius 1 is 1.12 bits per heavy atom. The lowest BCUT2D eigenvalue weighted by Crippen LogP contribution is -2.34. The van der Waals surface area contributed by atoms with E-state index in [1.807, 2.05) is 13.0 Å². The molecule has 0 fully saturated rings. The van der Waals surface area contributed by atoms with Gasteiger partial charge in [0.05, 0.1) is 19.7 Å². The van der Waals surface area contributed by atoms with E-state index in [1.54, 1.807) is 56.8 Å². The van der Waals surface area contributed by atoms with Gasteiger partial charge in [0.1, 0.15) is 11.5 Å². The van der Waals surface area contributed by atoms with Crippen LogP contribution in [0.2, 0.25) is 0 Å². The molecule has 0 saturated carbocycles. The van der Waals surface area contributed by atoms with Crippen LogP contribution in [0.1, 0.15) is 19.8 Å². The molecule has 0 aliphatic carbocycles. The van der Waals surface area contributed by atoms with Crippen LogP contribution in [0.3, 0.4) is 0 Å². The minimum atomic E-state index is -1.02. The van der Waals surface area contributed by atoms with Crippen molar-refractivity contribution in [3.05, 3.63) is 48.7 Å². The topological polar surface area (TPSA) is 81.1 Å². The smallest absolute Gasteiger partial charge is 0.411 e. The number of fused-ring (bicyclic) bond motifs is 1. The fourth-order valence-corrected chi connectivity index (χ4v) is 3.41. The van der Waals surface area contributed by atoms with Gasteiger partial charge < -0.3 is 19.3 Å². The van der Waals surface area contributed by atoms with Crippen LogP contribution in [0.25, 0.3) is 10.9 Å². The van der Waals surface area contributed by atoms with Crippen LogP contribution >= 0.6 is 0 Å². The molecule has 0 saturated heterocycles. The highest BCUT2D eigenvalue weighted by atomic mass is 16.5. The Balaban J connectivity index is 1.86. The van der Waals surface area contributed by atoms with E-state index in [0.29, 0.717) is 47.2 Å². The molecular formula is C25H26N2O5. The van der Waals surface area contributed by atoms with E-state index in [4.69, 9.17) is 20.6 Å². The molecule has 32 heavy (non-hydrogen) atoms. The number of rotatable bonds is 9. The van der Waals surface area contributed by atoms with Gasteiger partial charge in [-0.25, -0.2) is 4.79 Å². The zero-order valence-electron chi connectivity index (χ0n) is 18.4. The van der Waals surface area contributed by atoms with Crippen LogP contribution in [-0.2, 0) is 0 Å². The number of methoxy groups -OCH3 is 2. The molecule has 1 heterocycles. The van der Waals surface area contributed by atoms with Crippen LogP contribution in [0.15, 0.2) is 48.7 Å². The summed E-state index contributed by atoms with van der Waals surface area (Å²) in [5.41, 5.74) is 1.26. The van der Waals surface area contributed by atoms with Gasteiger partial charge in [-0.2, -0.15) is 0 Å². The predicted octanol–water partition coefficient (Wildman–Crippen LogP) is 5.58. The van der Waals surface area contributed by atoms with Crippen molar-refractivity contribution in [2.24, 2.45) is 5.92 Å². The number of carbonyl (C=O) groups is 1. The van der Waals surface area contributed by atoms with E-state index < -0.39 is 6.09 Å². The molecule has 0 aliphatic heterocycles. The SMILES string of the molecule is C#CCC(CC)CN(C(=O)O)c1ccc(Oc2ccnc3cc(OC)c(OC)cc23)cc1. The number of nitrogens with zero attached hydrogens (tertiary/aromatic N) is 2. The zero-order valence-corrected chi connectivity index (χ0v) is 18.4. The first-order valence-electron chi connectivity index (χ1n) is 10.2. The third-order valence-corrected chi connectivity index (χ3v) is 5.24. The third kappa shape index (κ3) is 5.03. The molecule has 0 radical (unpaired) electrons. The first-order valence-corrected chi connectivity index (χ1v) is 10.2. The summed E-state index contributed by atoms with van der Waals surface area (Å²) in [6, 6.07) is 12.3. The lowest BCUT2D eigenvalue weighted by atomic mass is 10.0. The van der Waals surface area contributed by atoms with Gasteiger partial charge in [0, 0.05) is 36.3 Å². The van der Waals surface area contributed by atoms with Gasteiger partial charge in [0.25, 0.3) is 0 Å². The van der Waals surface area contributed by atoms with Gasteiger partial charge >= 0.3 is 6.09 Å². The van der Waals surface area contributed by atoms with E-state index in [0.717, 1.165) is 11.8 Å². The van der Waals surface area contributed by atoms with Gasteiger partial charge in [-0.05, 0) is 42.3 Å². The lowest BCUT2D eigenvalue weighted by Gasteiger charge is -2.24. The number of hydrogen-bond donors (Lipinski definition) is 1. The van der Waals surface area contributed by atoms with E-state index >= 15 is 0 Å². The quantitative estimate of drug-likeness (QED) is 0.443. The molecular weight excluding hydrogens is 408 g/mol. The monoisotopic (exact) mass is 434 g/mol. The predicted molar refractivity (Wildman–Crippen MR) is 124 cm³/mol.